The first-order valence-corrected chi connectivity index (χ1v) is 9.71. The predicted octanol–water partition coefficient (Wildman–Crippen LogP) is 3.79. The van der Waals surface area contributed by atoms with Crippen LogP contribution in [0.3, 0.4) is 0 Å². The van der Waals surface area contributed by atoms with Crippen molar-refractivity contribution >= 4 is 23.2 Å². The SMILES string of the molecule is CCc1ccc(C(C)NC(=O)C2CCCN2C(=O)c2cccs2)cc1. The van der Waals surface area contributed by atoms with Gasteiger partial charge in [0.15, 0.2) is 0 Å². The fourth-order valence-corrected chi connectivity index (χ4v) is 3.94. The molecule has 4 nitrogen and oxygen atoms in total. The van der Waals surface area contributed by atoms with Gasteiger partial charge in [0.05, 0.1) is 10.9 Å². The van der Waals surface area contributed by atoms with Gasteiger partial charge < -0.3 is 10.2 Å². The zero-order valence-electron chi connectivity index (χ0n) is 14.7. The molecule has 0 spiro atoms. The third-order valence-electron chi connectivity index (χ3n) is 4.80. The molecule has 1 aliphatic heterocycles. The Labute approximate surface area is 152 Å². The monoisotopic (exact) mass is 356 g/mol. The van der Waals surface area contributed by atoms with Crippen LogP contribution in [0.2, 0.25) is 0 Å². The number of nitrogens with one attached hydrogen (secondary N) is 1. The topological polar surface area (TPSA) is 49.4 Å². The summed E-state index contributed by atoms with van der Waals surface area (Å²) in [6.45, 7) is 4.76. The first-order valence-electron chi connectivity index (χ1n) is 8.84. The van der Waals surface area contributed by atoms with Crippen molar-refractivity contribution in [3.63, 3.8) is 0 Å². The maximum Gasteiger partial charge on any atom is 0.264 e. The molecule has 1 fully saturated rings. The summed E-state index contributed by atoms with van der Waals surface area (Å²) in [7, 11) is 0. The Morgan fingerprint density at radius 2 is 2.04 bits per heavy atom. The number of hydrogen-bond acceptors (Lipinski definition) is 3. The number of nitrogens with zero attached hydrogens (tertiary/aromatic N) is 1. The lowest BCUT2D eigenvalue weighted by Gasteiger charge is -2.25. The zero-order valence-corrected chi connectivity index (χ0v) is 15.5. The average molecular weight is 356 g/mol. The number of aryl methyl sites for hydroxylation is 1. The highest BCUT2D eigenvalue weighted by Crippen LogP contribution is 2.23. The third kappa shape index (κ3) is 3.93. The Kier molecular flexibility index (Phi) is 5.53. The van der Waals surface area contributed by atoms with E-state index in [0.717, 1.165) is 24.8 Å². The molecule has 3 rings (SSSR count). The van der Waals surface area contributed by atoms with E-state index in [1.165, 1.54) is 16.9 Å². The summed E-state index contributed by atoms with van der Waals surface area (Å²) in [5.74, 6) is -0.0953. The number of likely N-dealkylation sites (tertiary alicyclic amines) is 1. The largest absolute Gasteiger partial charge is 0.348 e. The van der Waals surface area contributed by atoms with Crippen molar-refractivity contribution < 1.29 is 9.59 Å². The van der Waals surface area contributed by atoms with Gasteiger partial charge in [-0.25, -0.2) is 0 Å². The van der Waals surface area contributed by atoms with Crippen molar-refractivity contribution in [2.75, 3.05) is 6.54 Å². The molecule has 2 amide bonds. The minimum atomic E-state index is -0.369. The Bertz CT molecular complexity index is 725. The van der Waals surface area contributed by atoms with Gasteiger partial charge >= 0.3 is 0 Å². The lowest BCUT2D eigenvalue weighted by Crippen LogP contribution is -2.46. The van der Waals surface area contributed by atoms with Gasteiger partial charge in [0.25, 0.3) is 5.91 Å². The molecule has 1 aliphatic rings. The molecule has 0 radical (unpaired) electrons. The lowest BCUT2D eigenvalue weighted by molar-refractivity contribution is -0.125. The molecule has 2 aromatic rings. The normalized spacial score (nSPS) is 18.2. The van der Waals surface area contributed by atoms with Gasteiger partial charge in [0, 0.05) is 6.54 Å². The van der Waals surface area contributed by atoms with Crippen LogP contribution in [0.1, 0.15) is 53.5 Å². The van der Waals surface area contributed by atoms with Crippen LogP contribution in [-0.4, -0.2) is 29.3 Å². The van der Waals surface area contributed by atoms with Gasteiger partial charge in [-0.3, -0.25) is 9.59 Å². The Morgan fingerprint density at radius 3 is 2.68 bits per heavy atom. The van der Waals surface area contributed by atoms with Crippen LogP contribution in [0.15, 0.2) is 41.8 Å². The Balaban J connectivity index is 1.65. The van der Waals surface area contributed by atoms with E-state index in [9.17, 15) is 9.59 Å². The van der Waals surface area contributed by atoms with Crippen LogP contribution in [0.25, 0.3) is 0 Å². The van der Waals surface area contributed by atoms with Crippen LogP contribution < -0.4 is 5.32 Å². The van der Waals surface area contributed by atoms with Gasteiger partial charge in [-0.15, -0.1) is 11.3 Å². The van der Waals surface area contributed by atoms with Gasteiger partial charge in [-0.2, -0.15) is 0 Å². The molecule has 25 heavy (non-hydrogen) atoms. The second kappa shape index (κ2) is 7.83. The second-order valence-electron chi connectivity index (χ2n) is 6.46. The van der Waals surface area contributed by atoms with Gasteiger partial charge in [0.1, 0.15) is 6.04 Å². The molecule has 132 valence electrons. The number of amides is 2. The van der Waals surface area contributed by atoms with Crippen LogP contribution in [0.5, 0.6) is 0 Å². The molecule has 2 unspecified atom stereocenters. The van der Waals surface area contributed by atoms with E-state index in [1.807, 2.05) is 24.4 Å². The molecule has 1 saturated heterocycles. The molecular formula is C20H24N2O2S. The molecule has 5 heteroatoms. The first kappa shape index (κ1) is 17.7. The van der Waals surface area contributed by atoms with E-state index in [2.05, 4.69) is 36.5 Å². The summed E-state index contributed by atoms with van der Waals surface area (Å²) >= 11 is 1.42. The molecule has 0 aliphatic carbocycles. The van der Waals surface area contributed by atoms with Crippen molar-refractivity contribution in [1.29, 1.82) is 0 Å². The smallest absolute Gasteiger partial charge is 0.264 e. The summed E-state index contributed by atoms with van der Waals surface area (Å²) in [4.78, 5) is 27.8. The van der Waals surface area contributed by atoms with Crippen LogP contribution in [-0.2, 0) is 11.2 Å². The summed E-state index contributed by atoms with van der Waals surface area (Å²) in [6.07, 6.45) is 2.60. The van der Waals surface area contributed by atoms with Gasteiger partial charge in [0.2, 0.25) is 5.91 Å². The molecule has 2 atom stereocenters. The molecule has 1 aromatic carbocycles. The highest BCUT2D eigenvalue weighted by molar-refractivity contribution is 7.12. The molecular weight excluding hydrogens is 332 g/mol. The van der Waals surface area contributed by atoms with Gasteiger partial charge in [-0.05, 0) is 48.8 Å². The van der Waals surface area contributed by atoms with Crippen molar-refractivity contribution in [3.8, 4) is 0 Å². The highest BCUT2D eigenvalue weighted by atomic mass is 32.1. The van der Waals surface area contributed by atoms with Crippen LogP contribution >= 0.6 is 11.3 Å². The fraction of sp³-hybridized carbons (Fsp3) is 0.400. The minimum absolute atomic E-state index is 0.0346. The molecule has 1 N–H and O–H groups in total. The first-order chi connectivity index (χ1) is 12.1. The summed E-state index contributed by atoms with van der Waals surface area (Å²) in [5.41, 5.74) is 2.37. The summed E-state index contributed by atoms with van der Waals surface area (Å²) < 4.78 is 0. The third-order valence-corrected chi connectivity index (χ3v) is 5.65. The van der Waals surface area contributed by atoms with E-state index in [-0.39, 0.29) is 23.9 Å². The lowest BCUT2D eigenvalue weighted by atomic mass is 10.0. The average Bonchev–Trinajstić information content (AvgIpc) is 3.32. The maximum absolute atomic E-state index is 12.7. The number of benzene rings is 1. The quantitative estimate of drug-likeness (QED) is 0.886. The number of hydrogen-bond donors (Lipinski definition) is 1. The molecule has 0 bridgehead atoms. The van der Waals surface area contributed by atoms with Crippen molar-refractivity contribution in [2.24, 2.45) is 0 Å². The summed E-state index contributed by atoms with van der Waals surface area (Å²) in [6, 6.07) is 11.6. The number of rotatable bonds is 5. The van der Waals surface area contributed by atoms with Crippen LogP contribution in [0, 0.1) is 0 Å². The number of thiophene rings is 1. The second-order valence-corrected chi connectivity index (χ2v) is 7.41. The number of carbonyl (C=O) groups excluding carboxylic acids is 2. The minimum Gasteiger partial charge on any atom is -0.348 e. The van der Waals surface area contributed by atoms with Crippen molar-refractivity contribution in [2.45, 2.75) is 45.2 Å². The predicted molar refractivity (Wildman–Crippen MR) is 101 cm³/mol. The standard InChI is InChI=1S/C20H24N2O2S/c1-3-15-8-10-16(11-9-15)14(2)21-19(23)17-6-4-12-22(17)20(24)18-7-5-13-25-18/h5,7-11,13-14,17H,3-4,6,12H2,1-2H3,(H,21,23). The van der Waals surface area contributed by atoms with E-state index in [0.29, 0.717) is 11.4 Å². The molecule has 2 heterocycles. The van der Waals surface area contributed by atoms with Crippen molar-refractivity contribution in [3.05, 3.63) is 57.8 Å². The fourth-order valence-electron chi connectivity index (χ4n) is 3.26. The van der Waals surface area contributed by atoms with E-state index in [4.69, 9.17) is 0 Å². The Hall–Kier alpha value is -2.14. The molecule has 0 saturated carbocycles. The van der Waals surface area contributed by atoms with Crippen molar-refractivity contribution in [1.82, 2.24) is 10.2 Å². The highest BCUT2D eigenvalue weighted by Gasteiger charge is 2.35. The number of carbonyl (C=O) groups is 2. The molecule has 1 aromatic heterocycles. The van der Waals surface area contributed by atoms with E-state index in [1.54, 1.807) is 4.90 Å². The van der Waals surface area contributed by atoms with E-state index < -0.39 is 0 Å². The van der Waals surface area contributed by atoms with Gasteiger partial charge in [-0.1, -0.05) is 37.3 Å². The Morgan fingerprint density at radius 1 is 1.28 bits per heavy atom. The zero-order chi connectivity index (χ0) is 17.8. The van der Waals surface area contributed by atoms with Crippen LogP contribution in [0.4, 0.5) is 0 Å². The summed E-state index contributed by atoms with van der Waals surface area (Å²) in [5, 5.41) is 4.97. The maximum atomic E-state index is 12.7. The van der Waals surface area contributed by atoms with E-state index >= 15 is 0 Å².